The fourth-order valence-electron chi connectivity index (χ4n) is 1.83. The van der Waals surface area contributed by atoms with Crippen molar-refractivity contribution in [3.8, 4) is 0 Å². The summed E-state index contributed by atoms with van der Waals surface area (Å²) in [5.41, 5.74) is 5.73. The van der Waals surface area contributed by atoms with E-state index in [2.05, 4.69) is 34.7 Å². The number of aromatic nitrogens is 1. The highest BCUT2D eigenvalue weighted by Gasteiger charge is 2.06. The van der Waals surface area contributed by atoms with E-state index in [0.29, 0.717) is 6.42 Å². The van der Waals surface area contributed by atoms with Crippen LogP contribution in [0, 0.1) is 0 Å². The topological polar surface area (TPSA) is 66.4 Å². The minimum Gasteiger partial charge on any atom is -0.326 e. The van der Waals surface area contributed by atoms with Gasteiger partial charge in [0.1, 0.15) is 0 Å². The molecule has 2 rings (SSSR count). The summed E-state index contributed by atoms with van der Waals surface area (Å²) in [6, 6.07) is 5.76. The van der Waals surface area contributed by atoms with Gasteiger partial charge in [-0.25, -0.2) is 4.98 Å². The Bertz CT molecular complexity index is 678. The summed E-state index contributed by atoms with van der Waals surface area (Å²) in [5, 5.41) is 7.95. The molecule has 0 aliphatic rings. The minimum absolute atomic E-state index is 0.0623. The van der Waals surface area contributed by atoms with Crippen molar-refractivity contribution in [2.24, 2.45) is 5.10 Å². The zero-order valence-corrected chi connectivity index (χ0v) is 14.1. The predicted octanol–water partition coefficient (Wildman–Crippen LogP) is 4.62. The van der Waals surface area contributed by atoms with Gasteiger partial charge in [0.15, 0.2) is 0 Å². The Kier molecular flexibility index (Phi) is 5.89. The number of nitrogens with one attached hydrogen (secondary N) is 2. The molecule has 2 aromatic rings. The van der Waals surface area contributed by atoms with E-state index < -0.39 is 0 Å². The number of unbranched alkanes of at least 4 members (excludes halogenated alkanes) is 1. The molecular weight excluding hydrogens is 296 g/mol. The van der Waals surface area contributed by atoms with Crippen LogP contribution in [0.1, 0.15) is 46.5 Å². The lowest BCUT2D eigenvalue weighted by Crippen LogP contribution is -2.10. The van der Waals surface area contributed by atoms with Crippen LogP contribution in [-0.2, 0) is 4.79 Å². The van der Waals surface area contributed by atoms with Crippen LogP contribution in [0.4, 0.5) is 10.8 Å². The van der Waals surface area contributed by atoms with Gasteiger partial charge in [-0.05, 0) is 38.0 Å². The molecule has 1 amide bonds. The summed E-state index contributed by atoms with van der Waals surface area (Å²) in [6.07, 6.45) is 3.41. The third-order valence-corrected chi connectivity index (χ3v) is 4.21. The quantitative estimate of drug-likeness (QED) is 0.578. The van der Waals surface area contributed by atoms with E-state index in [0.717, 1.165) is 46.0 Å². The third kappa shape index (κ3) is 4.53. The van der Waals surface area contributed by atoms with Crippen LogP contribution < -0.4 is 10.7 Å². The molecule has 0 unspecified atom stereocenters. The highest BCUT2D eigenvalue weighted by molar-refractivity contribution is 7.22. The number of anilines is 2. The average molecular weight is 318 g/mol. The second kappa shape index (κ2) is 7.89. The lowest BCUT2D eigenvalue weighted by atomic mass is 10.2. The first kappa shape index (κ1) is 16.4. The molecule has 0 saturated carbocycles. The van der Waals surface area contributed by atoms with Crippen molar-refractivity contribution in [1.29, 1.82) is 0 Å². The van der Waals surface area contributed by atoms with E-state index in [4.69, 9.17) is 0 Å². The minimum atomic E-state index is 0.0623. The van der Waals surface area contributed by atoms with E-state index in [9.17, 15) is 4.79 Å². The average Bonchev–Trinajstić information content (AvgIpc) is 2.92. The van der Waals surface area contributed by atoms with Gasteiger partial charge in [-0.1, -0.05) is 31.6 Å². The van der Waals surface area contributed by atoms with Crippen LogP contribution >= 0.6 is 11.3 Å². The molecule has 6 heteroatoms. The van der Waals surface area contributed by atoms with Gasteiger partial charge in [-0.15, -0.1) is 0 Å². The largest absolute Gasteiger partial charge is 0.326 e. The molecule has 0 saturated heterocycles. The molecule has 22 heavy (non-hydrogen) atoms. The number of hydrogen-bond acceptors (Lipinski definition) is 5. The van der Waals surface area contributed by atoms with E-state index in [1.54, 1.807) is 0 Å². The van der Waals surface area contributed by atoms with Crippen molar-refractivity contribution in [2.45, 2.75) is 46.5 Å². The Labute approximate surface area is 134 Å². The molecule has 1 aromatic heterocycles. The first-order valence-corrected chi connectivity index (χ1v) is 8.43. The first-order chi connectivity index (χ1) is 10.6. The van der Waals surface area contributed by atoms with Crippen LogP contribution in [0.2, 0.25) is 0 Å². The molecule has 0 aliphatic heterocycles. The maximum atomic E-state index is 11.8. The molecule has 0 atom stereocenters. The molecule has 5 nitrogen and oxygen atoms in total. The van der Waals surface area contributed by atoms with Crippen molar-refractivity contribution >= 4 is 44.0 Å². The summed E-state index contributed by atoms with van der Waals surface area (Å²) in [5.74, 6) is 0.0623. The molecule has 0 fully saturated rings. The van der Waals surface area contributed by atoms with Crippen molar-refractivity contribution in [2.75, 3.05) is 10.7 Å². The Morgan fingerprint density at radius 1 is 1.36 bits per heavy atom. The van der Waals surface area contributed by atoms with Gasteiger partial charge >= 0.3 is 0 Å². The lowest BCUT2D eigenvalue weighted by molar-refractivity contribution is -0.116. The van der Waals surface area contributed by atoms with Crippen molar-refractivity contribution in [3.63, 3.8) is 0 Å². The van der Waals surface area contributed by atoms with Gasteiger partial charge in [0, 0.05) is 17.8 Å². The van der Waals surface area contributed by atoms with Gasteiger partial charge in [0.05, 0.1) is 10.2 Å². The van der Waals surface area contributed by atoms with Crippen molar-refractivity contribution < 1.29 is 4.79 Å². The van der Waals surface area contributed by atoms with Crippen LogP contribution in [0.5, 0.6) is 0 Å². The molecule has 1 heterocycles. The second-order valence-electron chi connectivity index (χ2n) is 5.17. The van der Waals surface area contributed by atoms with Gasteiger partial charge in [-0.2, -0.15) is 5.10 Å². The van der Waals surface area contributed by atoms with Crippen LogP contribution in [0.15, 0.2) is 23.3 Å². The number of carbonyl (C=O) groups excluding carboxylic acids is 1. The monoisotopic (exact) mass is 318 g/mol. The fourth-order valence-corrected chi connectivity index (χ4v) is 2.68. The molecule has 0 spiro atoms. The number of benzene rings is 1. The van der Waals surface area contributed by atoms with Gasteiger partial charge in [0.2, 0.25) is 11.0 Å². The van der Waals surface area contributed by atoms with E-state index >= 15 is 0 Å². The Morgan fingerprint density at radius 3 is 2.91 bits per heavy atom. The number of carbonyl (C=O) groups is 1. The molecule has 0 radical (unpaired) electrons. The SMILES string of the molecule is CCCCC(=O)Nc1ccc2nc(N/N=C(/C)CC)sc2c1. The molecule has 2 N–H and O–H groups in total. The zero-order chi connectivity index (χ0) is 15.9. The molecular formula is C16H22N4OS. The standard InChI is InChI=1S/C16H22N4OS/c1-4-6-7-15(21)17-12-8-9-13-14(10-12)22-16(18-13)20-19-11(3)5-2/h8-10H,4-7H2,1-3H3,(H,17,21)(H,18,20)/b19-11-. The number of hydrogen-bond donors (Lipinski definition) is 2. The zero-order valence-electron chi connectivity index (χ0n) is 13.3. The van der Waals surface area contributed by atoms with Crippen LogP contribution in [0.3, 0.4) is 0 Å². The van der Waals surface area contributed by atoms with Gasteiger partial charge in [-0.3, -0.25) is 10.2 Å². The van der Waals surface area contributed by atoms with Crippen LogP contribution in [-0.4, -0.2) is 16.6 Å². The maximum Gasteiger partial charge on any atom is 0.224 e. The Balaban J connectivity index is 2.08. The summed E-state index contributed by atoms with van der Waals surface area (Å²) in [4.78, 5) is 16.2. The van der Waals surface area contributed by atoms with E-state index in [1.165, 1.54) is 11.3 Å². The number of hydrazone groups is 1. The maximum absolute atomic E-state index is 11.8. The molecule has 0 aliphatic carbocycles. The number of fused-ring (bicyclic) bond motifs is 1. The number of amides is 1. The number of rotatable bonds is 7. The fraction of sp³-hybridized carbons (Fsp3) is 0.438. The van der Waals surface area contributed by atoms with E-state index in [1.807, 2.05) is 25.1 Å². The summed E-state index contributed by atoms with van der Waals surface area (Å²) in [6.45, 7) is 6.12. The van der Waals surface area contributed by atoms with E-state index in [-0.39, 0.29) is 5.91 Å². The Hall–Kier alpha value is -1.95. The Morgan fingerprint density at radius 2 is 2.18 bits per heavy atom. The first-order valence-electron chi connectivity index (χ1n) is 7.62. The predicted molar refractivity (Wildman–Crippen MR) is 94.8 cm³/mol. The number of thiazole rings is 1. The highest BCUT2D eigenvalue weighted by atomic mass is 32.1. The summed E-state index contributed by atoms with van der Waals surface area (Å²) < 4.78 is 1.03. The second-order valence-corrected chi connectivity index (χ2v) is 6.20. The summed E-state index contributed by atoms with van der Waals surface area (Å²) in [7, 11) is 0. The smallest absolute Gasteiger partial charge is 0.224 e. The molecule has 118 valence electrons. The van der Waals surface area contributed by atoms with Crippen LogP contribution in [0.25, 0.3) is 10.2 Å². The molecule has 1 aromatic carbocycles. The normalized spacial score (nSPS) is 11.7. The highest BCUT2D eigenvalue weighted by Crippen LogP contribution is 2.28. The van der Waals surface area contributed by atoms with Gasteiger partial charge < -0.3 is 5.32 Å². The lowest BCUT2D eigenvalue weighted by Gasteiger charge is -2.04. The number of nitrogens with zero attached hydrogens (tertiary/aromatic N) is 2. The van der Waals surface area contributed by atoms with Crippen molar-refractivity contribution in [1.82, 2.24) is 4.98 Å². The molecule has 0 bridgehead atoms. The van der Waals surface area contributed by atoms with Crippen molar-refractivity contribution in [3.05, 3.63) is 18.2 Å². The summed E-state index contributed by atoms with van der Waals surface area (Å²) >= 11 is 1.53. The van der Waals surface area contributed by atoms with Gasteiger partial charge in [0.25, 0.3) is 0 Å². The third-order valence-electron chi connectivity index (χ3n) is 3.28.